The molecule has 21 heavy (non-hydrogen) atoms. The summed E-state index contributed by atoms with van der Waals surface area (Å²) in [4.78, 5) is 3.85. The fourth-order valence-electron chi connectivity index (χ4n) is 1.65. The Bertz CT molecular complexity index is 783. The van der Waals surface area contributed by atoms with Gasteiger partial charge in [-0.1, -0.05) is 17.7 Å². The number of nitrogen functional groups attached to an aromatic ring is 1. The zero-order chi connectivity index (χ0) is 15.6. The van der Waals surface area contributed by atoms with Crippen molar-refractivity contribution in [3.05, 3.63) is 45.5 Å². The van der Waals surface area contributed by atoms with E-state index >= 15 is 0 Å². The van der Waals surface area contributed by atoms with Gasteiger partial charge >= 0.3 is 0 Å². The molecule has 0 aliphatic rings. The van der Waals surface area contributed by atoms with Gasteiger partial charge in [0.1, 0.15) is 4.90 Å². The summed E-state index contributed by atoms with van der Waals surface area (Å²) in [5.41, 5.74) is 3.29. The highest BCUT2D eigenvalue weighted by Crippen LogP contribution is 2.28. The quantitative estimate of drug-likeness (QED) is 0.550. The molecule has 0 bridgehead atoms. The highest BCUT2D eigenvalue weighted by molar-refractivity contribution is 9.10. The molecule has 0 spiro atoms. The SMILES string of the molecule is Cc1c(Cl)cccc1NS(=O)(=O)c1cc(Br)cnc1NN. The third-order valence-electron chi connectivity index (χ3n) is 2.76. The Balaban J connectivity index is 2.48. The van der Waals surface area contributed by atoms with Gasteiger partial charge in [0.15, 0.2) is 5.82 Å². The van der Waals surface area contributed by atoms with E-state index in [-0.39, 0.29) is 10.7 Å². The van der Waals surface area contributed by atoms with Crippen LogP contribution in [-0.2, 0) is 10.0 Å². The van der Waals surface area contributed by atoms with Crippen molar-refractivity contribution in [3.8, 4) is 0 Å². The van der Waals surface area contributed by atoms with Crippen LogP contribution in [0.1, 0.15) is 5.56 Å². The van der Waals surface area contributed by atoms with E-state index in [2.05, 4.69) is 31.1 Å². The third kappa shape index (κ3) is 3.46. The van der Waals surface area contributed by atoms with Crippen LogP contribution in [0, 0.1) is 6.92 Å². The highest BCUT2D eigenvalue weighted by atomic mass is 79.9. The molecule has 0 saturated heterocycles. The number of rotatable bonds is 4. The van der Waals surface area contributed by atoms with Crippen LogP contribution >= 0.6 is 27.5 Å². The standard InChI is InChI=1S/C12H12BrClN4O2S/c1-7-9(14)3-2-4-10(7)18-21(19,20)11-5-8(13)6-16-12(11)17-15/h2-6,18H,15H2,1H3,(H,16,17). The molecule has 0 aliphatic carbocycles. The van der Waals surface area contributed by atoms with Crippen molar-refractivity contribution in [2.75, 3.05) is 10.1 Å². The van der Waals surface area contributed by atoms with Gasteiger partial charge in [-0.15, -0.1) is 0 Å². The Labute approximate surface area is 135 Å². The normalized spacial score (nSPS) is 11.2. The maximum atomic E-state index is 12.5. The largest absolute Gasteiger partial charge is 0.307 e. The molecular weight excluding hydrogens is 380 g/mol. The van der Waals surface area contributed by atoms with E-state index in [4.69, 9.17) is 17.4 Å². The first kappa shape index (κ1) is 16.0. The van der Waals surface area contributed by atoms with E-state index in [9.17, 15) is 8.42 Å². The monoisotopic (exact) mass is 390 g/mol. The summed E-state index contributed by atoms with van der Waals surface area (Å²) in [6.45, 7) is 1.72. The number of aromatic nitrogens is 1. The van der Waals surface area contributed by atoms with Crippen molar-refractivity contribution in [1.29, 1.82) is 0 Å². The summed E-state index contributed by atoms with van der Waals surface area (Å²) < 4.78 is 28.0. The van der Waals surface area contributed by atoms with Crippen LogP contribution in [-0.4, -0.2) is 13.4 Å². The fourth-order valence-corrected chi connectivity index (χ4v) is 3.58. The van der Waals surface area contributed by atoms with Crippen LogP contribution in [0.15, 0.2) is 39.8 Å². The molecule has 0 unspecified atom stereocenters. The maximum absolute atomic E-state index is 12.5. The molecule has 0 radical (unpaired) electrons. The van der Waals surface area contributed by atoms with Crippen LogP contribution < -0.4 is 16.0 Å². The second kappa shape index (κ2) is 6.18. The number of nitrogens with two attached hydrogens (primary N) is 1. The number of nitrogens with zero attached hydrogens (tertiary/aromatic N) is 1. The number of sulfonamides is 1. The summed E-state index contributed by atoms with van der Waals surface area (Å²) in [5, 5.41) is 0.472. The van der Waals surface area contributed by atoms with Gasteiger partial charge in [-0.2, -0.15) is 0 Å². The molecular formula is C12H12BrClN4O2S. The first-order chi connectivity index (χ1) is 9.85. The van der Waals surface area contributed by atoms with Gasteiger partial charge in [0.2, 0.25) is 0 Å². The molecule has 0 saturated carbocycles. The lowest BCUT2D eigenvalue weighted by molar-refractivity contribution is 0.601. The van der Waals surface area contributed by atoms with Gasteiger partial charge in [-0.25, -0.2) is 19.2 Å². The molecule has 0 atom stereocenters. The first-order valence-corrected chi connectivity index (χ1v) is 8.40. The van der Waals surface area contributed by atoms with Crippen LogP contribution in [0.2, 0.25) is 5.02 Å². The minimum absolute atomic E-state index is 0.0466. The number of hydrogen-bond donors (Lipinski definition) is 3. The number of hydrazine groups is 1. The van der Waals surface area contributed by atoms with Gasteiger partial charge in [-0.3, -0.25) is 4.72 Å². The second-order valence-electron chi connectivity index (χ2n) is 4.16. The second-order valence-corrected chi connectivity index (χ2v) is 7.14. The van der Waals surface area contributed by atoms with Gasteiger partial charge < -0.3 is 5.43 Å². The molecule has 4 N–H and O–H groups in total. The lowest BCUT2D eigenvalue weighted by atomic mass is 10.2. The molecule has 1 aromatic heterocycles. The lowest BCUT2D eigenvalue weighted by Crippen LogP contribution is -2.19. The summed E-state index contributed by atoms with van der Waals surface area (Å²) in [6, 6.07) is 6.38. The van der Waals surface area contributed by atoms with E-state index < -0.39 is 10.0 Å². The van der Waals surface area contributed by atoms with E-state index in [1.54, 1.807) is 25.1 Å². The Morgan fingerprint density at radius 3 is 2.76 bits per heavy atom. The molecule has 0 aliphatic heterocycles. The maximum Gasteiger partial charge on any atom is 0.265 e. The molecule has 2 rings (SSSR count). The molecule has 2 aromatic rings. The Morgan fingerprint density at radius 2 is 2.10 bits per heavy atom. The summed E-state index contributed by atoms with van der Waals surface area (Å²) in [6.07, 6.45) is 1.44. The number of nitrogens with one attached hydrogen (secondary N) is 2. The zero-order valence-corrected chi connectivity index (χ0v) is 14.1. The lowest BCUT2D eigenvalue weighted by Gasteiger charge is -2.13. The van der Waals surface area contributed by atoms with Gasteiger partial charge in [-0.05, 0) is 46.6 Å². The summed E-state index contributed by atoms with van der Waals surface area (Å²) in [7, 11) is -3.86. The number of anilines is 2. The molecule has 1 heterocycles. The van der Waals surface area contributed by atoms with E-state index in [1.807, 2.05) is 0 Å². The van der Waals surface area contributed by atoms with E-state index in [1.165, 1.54) is 12.3 Å². The predicted octanol–water partition coefficient (Wildman–Crippen LogP) is 2.89. The van der Waals surface area contributed by atoms with Crippen molar-refractivity contribution in [2.24, 2.45) is 5.84 Å². The van der Waals surface area contributed by atoms with Crippen LogP contribution in [0.4, 0.5) is 11.5 Å². The number of halogens is 2. The zero-order valence-electron chi connectivity index (χ0n) is 10.9. The molecule has 112 valence electrons. The van der Waals surface area contributed by atoms with Crippen molar-refractivity contribution < 1.29 is 8.42 Å². The van der Waals surface area contributed by atoms with Gasteiger partial charge in [0.05, 0.1) is 5.69 Å². The topological polar surface area (TPSA) is 97.1 Å². The van der Waals surface area contributed by atoms with Gasteiger partial charge in [0, 0.05) is 15.7 Å². The van der Waals surface area contributed by atoms with Crippen molar-refractivity contribution in [1.82, 2.24) is 4.98 Å². The molecule has 9 heteroatoms. The third-order valence-corrected chi connectivity index (χ3v) is 4.98. The Morgan fingerprint density at radius 1 is 1.38 bits per heavy atom. The van der Waals surface area contributed by atoms with Crippen molar-refractivity contribution >= 4 is 49.1 Å². The van der Waals surface area contributed by atoms with Gasteiger partial charge in [0.25, 0.3) is 10.0 Å². The minimum atomic E-state index is -3.86. The smallest absolute Gasteiger partial charge is 0.265 e. The van der Waals surface area contributed by atoms with E-state index in [0.717, 1.165) is 0 Å². The van der Waals surface area contributed by atoms with Crippen LogP contribution in [0.25, 0.3) is 0 Å². The molecule has 6 nitrogen and oxygen atoms in total. The number of pyridine rings is 1. The van der Waals surface area contributed by atoms with E-state index in [0.29, 0.717) is 20.7 Å². The Hall–Kier alpha value is -1.35. The van der Waals surface area contributed by atoms with Crippen molar-refractivity contribution in [2.45, 2.75) is 11.8 Å². The highest BCUT2D eigenvalue weighted by Gasteiger charge is 2.21. The summed E-state index contributed by atoms with van der Waals surface area (Å²) in [5.74, 6) is 5.35. The molecule has 0 amide bonds. The molecule has 1 aromatic carbocycles. The first-order valence-electron chi connectivity index (χ1n) is 5.75. The predicted molar refractivity (Wildman–Crippen MR) is 86.7 cm³/mol. The fraction of sp³-hybridized carbons (Fsp3) is 0.0833. The average Bonchev–Trinajstić information content (AvgIpc) is 2.44. The average molecular weight is 392 g/mol. The van der Waals surface area contributed by atoms with Crippen LogP contribution in [0.3, 0.4) is 0 Å². The summed E-state index contributed by atoms with van der Waals surface area (Å²) >= 11 is 9.17. The van der Waals surface area contributed by atoms with Crippen molar-refractivity contribution in [3.63, 3.8) is 0 Å². The minimum Gasteiger partial charge on any atom is -0.307 e. The molecule has 0 fully saturated rings. The number of hydrogen-bond acceptors (Lipinski definition) is 5. The Kier molecular flexibility index (Phi) is 4.72. The number of benzene rings is 1. The van der Waals surface area contributed by atoms with Crippen LogP contribution in [0.5, 0.6) is 0 Å².